The lowest BCUT2D eigenvalue weighted by molar-refractivity contribution is -0.384. The molecule has 2 aromatic rings. The van der Waals surface area contributed by atoms with Crippen molar-refractivity contribution in [1.82, 2.24) is 0 Å². The van der Waals surface area contributed by atoms with E-state index in [1.54, 1.807) is 19.1 Å². The molecule has 0 aliphatic heterocycles. The lowest BCUT2D eigenvalue weighted by Crippen LogP contribution is -2.07. The van der Waals surface area contributed by atoms with Gasteiger partial charge in [-0.3, -0.25) is 14.9 Å². The SMILES string of the molecule is C[C@@H](C(=O)O)c1ccc2c(c1)Cc1cc([N+](=O)[O-])ccc1-2. The van der Waals surface area contributed by atoms with Crippen molar-refractivity contribution in [3.63, 3.8) is 0 Å². The maximum Gasteiger partial charge on any atom is 0.310 e. The van der Waals surface area contributed by atoms with E-state index < -0.39 is 16.8 Å². The summed E-state index contributed by atoms with van der Waals surface area (Å²) >= 11 is 0. The van der Waals surface area contributed by atoms with E-state index >= 15 is 0 Å². The Morgan fingerprint density at radius 3 is 2.43 bits per heavy atom. The number of benzene rings is 2. The van der Waals surface area contributed by atoms with Gasteiger partial charge in [-0.15, -0.1) is 0 Å². The van der Waals surface area contributed by atoms with Crippen LogP contribution in [0, 0.1) is 10.1 Å². The quantitative estimate of drug-likeness (QED) is 0.590. The number of rotatable bonds is 3. The normalized spacial score (nSPS) is 13.4. The summed E-state index contributed by atoms with van der Waals surface area (Å²) in [7, 11) is 0. The summed E-state index contributed by atoms with van der Waals surface area (Å²) in [5, 5.41) is 19.9. The summed E-state index contributed by atoms with van der Waals surface area (Å²) in [5.41, 5.74) is 4.80. The molecule has 0 radical (unpaired) electrons. The molecule has 0 amide bonds. The molecule has 1 atom stereocenters. The van der Waals surface area contributed by atoms with Gasteiger partial charge in [0, 0.05) is 12.1 Å². The Morgan fingerprint density at radius 1 is 1.19 bits per heavy atom. The Bertz CT molecular complexity index is 767. The number of fused-ring (bicyclic) bond motifs is 3. The third-order valence-electron chi connectivity index (χ3n) is 3.97. The van der Waals surface area contributed by atoms with E-state index in [2.05, 4.69) is 0 Å². The lowest BCUT2D eigenvalue weighted by Gasteiger charge is -2.09. The summed E-state index contributed by atoms with van der Waals surface area (Å²) in [6.07, 6.45) is 0.604. The molecule has 21 heavy (non-hydrogen) atoms. The number of carboxylic acid groups (broad SMARTS) is 1. The molecule has 1 N–H and O–H groups in total. The fourth-order valence-electron chi connectivity index (χ4n) is 2.74. The van der Waals surface area contributed by atoms with Crippen LogP contribution in [0.3, 0.4) is 0 Å². The van der Waals surface area contributed by atoms with Crippen molar-refractivity contribution in [2.24, 2.45) is 0 Å². The van der Waals surface area contributed by atoms with Gasteiger partial charge >= 0.3 is 5.97 Å². The first-order valence-electron chi connectivity index (χ1n) is 6.60. The van der Waals surface area contributed by atoms with E-state index in [4.69, 9.17) is 5.11 Å². The Hall–Kier alpha value is -2.69. The van der Waals surface area contributed by atoms with Crippen LogP contribution in [-0.2, 0) is 11.2 Å². The monoisotopic (exact) mass is 283 g/mol. The average molecular weight is 283 g/mol. The summed E-state index contributed by atoms with van der Waals surface area (Å²) in [5.74, 6) is -1.42. The molecule has 2 aromatic carbocycles. The first-order chi connectivity index (χ1) is 9.97. The van der Waals surface area contributed by atoms with Crippen molar-refractivity contribution in [3.8, 4) is 11.1 Å². The zero-order valence-electron chi connectivity index (χ0n) is 11.4. The second-order valence-corrected chi connectivity index (χ2v) is 5.25. The highest BCUT2D eigenvalue weighted by Crippen LogP contribution is 2.39. The second kappa shape index (κ2) is 4.70. The van der Waals surface area contributed by atoms with E-state index in [0.29, 0.717) is 6.42 Å². The predicted octanol–water partition coefficient (Wildman–Crippen LogP) is 3.35. The molecule has 5 nitrogen and oxygen atoms in total. The van der Waals surface area contributed by atoms with Crippen molar-refractivity contribution in [2.75, 3.05) is 0 Å². The molecule has 0 saturated heterocycles. The van der Waals surface area contributed by atoms with Gasteiger partial charge in [0.05, 0.1) is 10.8 Å². The molecular formula is C16H13NO4. The molecule has 1 aliphatic rings. The maximum absolute atomic E-state index is 11.1. The Morgan fingerprint density at radius 2 is 1.81 bits per heavy atom. The van der Waals surface area contributed by atoms with E-state index in [0.717, 1.165) is 27.8 Å². The largest absolute Gasteiger partial charge is 0.481 e. The van der Waals surface area contributed by atoms with Gasteiger partial charge in [0.25, 0.3) is 5.69 Å². The number of nitrogens with zero attached hydrogens (tertiary/aromatic N) is 1. The number of hydrogen-bond acceptors (Lipinski definition) is 3. The summed E-state index contributed by atoms with van der Waals surface area (Å²) in [4.78, 5) is 21.5. The maximum atomic E-state index is 11.1. The van der Waals surface area contributed by atoms with Crippen LogP contribution in [0.2, 0.25) is 0 Å². The highest BCUT2D eigenvalue weighted by molar-refractivity contribution is 5.80. The minimum absolute atomic E-state index is 0.0840. The fraction of sp³-hybridized carbons (Fsp3) is 0.188. The summed E-state index contributed by atoms with van der Waals surface area (Å²) in [6.45, 7) is 1.65. The first-order valence-corrected chi connectivity index (χ1v) is 6.60. The highest BCUT2D eigenvalue weighted by atomic mass is 16.6. The Balaban J connectivity index is 2.03. The molecule has 1 aliphatic carbocycles. The third kappa shape index (κ3) is 2.16. The van der Waals surface area contributed by atoms with Gasteiger partial charge in [0.2, 0.25) is 0 Å². The third-order valence-corrected chi connectivity index (χ3v) is 3.97. The zero-order valence-corrected chi connectivity index (χ0v) is 11.4. The van der Waals surface area contributed by atoms with E-state index in [1.165, 1.54) is 6.07 Å². The van der Waals surface area contributed by atoms with Crippen LogP contribution in [0.15, 0.2) is 36.4 Å². The highest BCUT2D eigenvalue weighted by Gasteiger charge is 2.23. The Kier molecular flexibility index (Phi) is 2.97. The molecule has 0 spiro atoms. The van der Waals surface area contributed by atoms with E-state index in [9.17, 15) is 14.9 Å². The van der Waals surface area contributed by atoms with Crippen LogP contribution in [0.5, 0.6) is 0 Å². The molecule has 0 aromatic heterocycles. The number of aliphatic carboxylic acids is 1. The molecular weight excluding hydrogens is 270 g/mol. The number of hydrogen-bond donors (Lipinski definition) is 1. The number of nitro groups is 1. The van der Waals surface area contributed by atoms with Crippen LogP contribution in [0.4, 0.5) is 5.69 Å². The molecule has 0 bridgehead atoms. The molecule has 0 fully saturated rings. The van der Waals surface area contributed by atoms with Gasteiger partial charge in [-0.2, -0.15) is 0 Å². The molecule has 0 heterocycles. The summed E-state index contributed by atoms with van der Waals surface area (Å²) < 4.78 is 0. The van der Waals surface area contributed by atoms with E-state index in [-0.39, 0.29) is 5.69 Å². The second-order valence-electron chi connectivity index (χ2n) is 5.25. The van der Waals surface area contributed by atoms with Crippen LogP contribution < -0.4 is 0 Å². The molecule has 0 unspecified atom stereocenters. The van der Waals surface area contributed by atoms with Gasteiger partial charge in [-0.25, -0.2) is 0 Å². The van der Waals surface area contributed by atoms with Crippen molar-refractivity contribution >= 4 is 11.7 Å². The van der Waals surface area contributed by atoms with Gasteiger partial charge in [0.15, 0.2) is 0 Å². The van der Waals surface area contributed by atoms with E-state index in [1.807, 2.05) is 18.2 Å². The van der Waals surface area contributed by atoms with Crippen molar-refractivity contribution in [3.05, 3.63) is 63.2 Å². The van der Waals surface area contributed by atoms with Crippen molar-refractivity contribution in [1.29, 1.82) is 0 Å². The van der Waals surface area contributed by atoms with Gasteiger partial charge < -0.3 is 5.11 Å². The van der Waals surface area contributed by atoms with Gasteiger partial charge in [0.1, 0.15) is 0 Å². The average Bonchev–Trinajstić information content (AvgIpc) is 2.82. The predicted molar refractivity (Wildman–Crippen MR) is 77.4 cm³/mol. The minimum atomic E-state index is -0.860. The van der Waals surface area contributed by atoms with Crippen molar-refractivity contribution in [2.45, 2.75) is 19.3 Å². The lowest BCUT2D eigenvalue weighted by atomic mass is 9.96. The fourth-order valence-corrected chi connectivity index (χ4v) is 2.74. The van der Waals surface area contributed by atoms with Gasteiger partial charge in [-0.1, -0.05) is 18.2 Å². The number of non-ortho nitro benzene ring substituents is 1. The van der Waals surface area contributed by atoms with Gasteiger partial charge in [-0.05, 0) is 47.2 Å². The van der Waals surface area contributed by atoms with Crippen LogP contribution in [0.25, 0.3) is 11.1 Å². The minimum Gasteiger partial charge on any atom is -0.481 e. The Labute approximate surface area is 121 Å². The van der Waals surface area contributed by atoms with Crippen LogP contribution in [-0.4, -0.2) is 16.0 Å². The van der Waals surface area contributed by atoms with Crippen LogP contribution >= 0.6 is 0 Å². The smallest absolute Gasteiger partial charge is 0.310 e. The molecule has 5 heteroatoms. The zero-order chi connectivity index (χ0) is 15.1. The first kappa shape index (κ1) is 13.3. The molecule has 106 valence electrons. The topological polar surface area (TPSA) is 80.4 Å². The molecule has 3 rings (SSSR count). The van der Waals surface area contributed by atoms with Crippen LogP contribution in [0.1, 0.15) is 29.5 Å². The van der Waals surface area contributed by atoms with Crippen molar-refractivity contribution < 1.29 is 14.8 Å². The summed E-state index contributed by atoms with van der Waals surface area (Å²) in [6, 6.07) is 10.5. The number of nitro benzene ring substituents is 1. The number of carbonyl (C=O) groups is 1. The molecule has 0 saturated carbocycles. The standard InChI is InChI=1S/C16H13NO4/c1-9(16(18)19)10-2-4-14-11(6-10)7-12-8-13(17(20)21)3-5-15(12)14/h2-6,8-9H,7H2,1H3,(H,18,19)/t9-/m1/s1. The number of carboxylic acids is 1.